The number of aromatic nitrogens is 6. The van der Waals surface area contributed by atoms with Crippen molar-refractivity contribution < 1.29 is 20.1 Å². The van der Waals surface area contributed by atoms with Gasteiger partial charge < -0.3 is 9.97 Å². The van der Waals surface area contributed by atoms with Crippen molar-refractivity contribution in [1.29, 1.82) is 0 Å². The molecule has 0 spiro atoms. The van der Waals surface area contributed by atoms with Crippen LogP contribution < -0.4 is 0 Å². The van der Waals surface area contributed by atoms with E-state index in [0.717, 1.165) is 66.6 Å². The SMILES string of the molecule is C(#Cc1ccc2c(c1)c1ccccc1n2-c1nc(-c2ccccc2)nc(-c2ccccc2)n1)c1ccnc(-c2[c-]cccc2)c1.CC(C)(C)c1c[c-]c(-c2ccccn2)cc1.[Ir]. The maximum atomic E-state index is 5.01. The van der Waals surface area contributed by atoms with Crippen molar-refractivity contribution in [1.82, 2.24) is 29.5 Å². The van der Waals surface area contributed by atoms with Crippen LogP contribution in [-0.2, 0) is 25.5 Å². The van der Waals surface area contributed by atoms with E-state index in [1.54, 1.807) is 12.4 Å². The van der Waals surface area contributed by atoms with E-state index in [1.807, 2.05) is 121 Å². The van der Waals surface area contributed by atoms with Crippen LogP contribution >= 0.6 is 0 Å². The Morgan fingerprint density at radius 1 is 0.500 bits per heavy atom. The van der Waals surface area contributed by atoms with Gasteiger partial charge in [-0.05, 0) is 53.2 Å². The molecular formula is C55H40IrN6-2. The Hall–Kier alpha value is -7.36. The molecule has 0 amide bonds. The fourth-order valence-corrected chi connectivity index (χ4v) is 7.09. The summed E-state index contributed by atoms with van der Waals surface area (Å²) in [5, 5.41) is 2.18. The minimum atomic E-state index is 0. The number of hydrogen-bond donors (Lipinski definition) is 0. The van der Waals surface area contributed by atoms with E-state index in [2.05, 4.69) is 114 Å². The zero-order valence-corrected chi connectivity index (χ0v) is 36.8. The molecule has 4 aromatic heterocycles. The Bertz CT molecular complexity index is 3090. The van der Waals surface area contributed by atoms with Crippen molar-refractivity contribution in [2.24, 2.45) is 0 Å². The molecular weight excluding hydrogens is 937 g/mol. The molecule has 0 aliphatic heterocycles. The molecule has 301 valence electrons. The number of pyridine rings is 2. The Morgan fingerprint density at radius 2 is 1.13 bits per heavy atom. The van der Waals surface area contributed by atoms with Gasteiger partial charge in [0, 0.05) is 65.5 Å². The van der Waals surface area contributed by atoms with Crippen LogP contribution in [-0.4, -0.2) is 29.5 Å². The molecule has 0 saturated heterocycles. The molecule has 4 heterocycles. The van der Waals surface area contributed by atoms with Crippen molar-refractivity contribution in [2.45, 2.75) is 26.2 Å². The fraction of sp³-hybridized carbons (Fsp3) is 0.0727. The maximum Gasteiger partial charge on any atom is 0.238 e. The van der Waals surface area contributed by atoms with Crippen LogP contribution in [0.2, 0.25) is 0 Å². The predicted molar refractivity (Wildman–Crippen MR) is 247 cm³/mol. The second kappa shape index (κ2) is 18.5. The third-order valence-electron chi connectivity index (χ3n) is 10.3. The molecule has 1 radical (unpaired) electrons. The molecule has 0 unspecified atom stereocenters. The van der Waals surface area contributed by atoms with Gasteiger partial charge >= 0.3 is 0 Å². The van der Waals surface area contributed by atoms with Crippen LogP contribution in [0.3, 0.4) is 0 Å². The first-order valence-corrected chi connectivity index (χ1v) is 20.2. The number of benzene rings is 6. The molecule has 62 heavy (non-hydrogen) atoms. The van der Waals surface area contributed by atoms with Crippen molar-refractivity contribution in [3.63, 3.8) is 0 Å². The van der Waals surface area contributed by atoms with Gasteiger partial charge in [0.2, 0.25) is 5.95 Å². The smallest absolute Gasteiger partial charge is 0.238 e. The van der Waals surface area contributed by atoms with E-state index in [1.165, 1.54) is 5.56 Å². The third-order valence-corrected chi connectivity index (χ3v) is 10.3. The molecule has 0 saturated carbocycles. The van der Waals surface area contributed by atoms with Gasteiger partial charge in [0.15, 0.2) is 11.6 Å². The minimum Gasteiger partial charge on any atom is -0.305 e. The van der Waals surface area contributed by atoms with Gasteiger partial charge in [0.05, 0.1) is 11.0 Å². The van der Waals surface area contributed by atoms with Gasteiger partial charge in [-0.1, -0.05) is 130 Å². The molecule has 10 aromatic rings. The monoisotopic (exact) mass is 977 g/mol. The molecule has 0 aliphatic carbocycles. The third kappa shape index (κ3) is 9.18. The molecule has 0 N–H and O–H groups in total. The molecule has 6 aromatic carbocycles. The van der Waals surface area contributed by atoms with Crippen molar-refractivity contribution in [2.75, 3.05) is 0 Å². The molecule has 0 atom stereocenters. The van der Waals surface area contributed by atoms with E-state index >= 15 is 0 Å². The van der Waals surface area contributed by atoms with Crippen LogP contribution in [0.5, 0.6) is 0 Å². The molecule has 10 rings (SSSR count). The standard InChI is InChI=1S/C40H24N5.C15H16N.Ir/c1-4-12-30(13-5-1)35-27-29(24-25-41-35)21-20-28-22-23-37-34(26-28)33-18-10-11-19-36(33)45(37)40-43-38(31-14-6-2-7-15-31)42-39(44-40)32-16-8-3-9-17-32;1-15(2,3)13-9-7-12(8-10-13)14-6-4-5-11-16-14;/h1-12,14-19,22-27H;4-7,9-11H,1-3H3;/q2*-1;. The quantitative estimate of drug-likeness (QED) is 0.127. The summed E-state index contributed by atoms with van der Waals surface area (Å²) in [7, 11) is 0. The van der Waals surface area contributed by atoms with E-state index < -0.39 is 0 Å². The first kappa shape index (κ1) is 41.4. The number of fused-ring (bicyclic) bond motifs is 3. The molecule has 0 aliphatic rings. The van der Waals surface area contributed by atoms with Crippen molar-refractivity contribution in [3.8, 4) is 63.1 Å². The Labute approximate surface area is 375 Å². The van der Waals surface area contributed by atoms with E-state index in [-0.39, 0.29) is 25.5 Å². The number of rotatable bonds is 5. The average Bonchev–Trinajstić information content (AvgIpc) is 3.66. The second-order valence-electron chi connectivity index (χ2n) is 15.5. The molecule has 6 nitrogen and oxygen atoms in total. The summed E-state index contributed by atoms with van der Waals surface area (Å²) >= 11 is 0. The minimum absolute atomic E-state index is 0. The van der Waals surface area contributed by atoms with Crippen LogP contribution in [0.25, 0.3) is 73.0 Å². The van der Waals surface area contributed by atoms with Crippen LogP contribution in [0, 0.1) is 24.0 Å². The van der Waals surface area contributed by atoms with Gasteiger partial charge in [-0.25, -0.2) is 4.98 Å². The fourth-order valence-electron chi connectivity index (χ4n) is 7.09. The summed E-state index contributed by atoms with van der Waals surface area (Å²) in [6, 6.07) is 65.2. The number of para-hydroxylation sites is 1. The van der Waals surface area contributed by atoms with Gasteiger partial charge in [0.1, 0.15) is 0 Å². The normalized spacial score (nSPS) is 10.9. The summed E-state index contributed by atoms with van der Waals surface area (Å²) < 4.78 is 2.12. The van der Waals surface area contributed by atoms with Crippen molar-refractivity contribution in [3.05, 3.63) is 217 Å². The first-order valence-electron chi connectivity index (χ1n) is 20.2. The number of nitrogens with zero attached hydrogens (tertiary/aromatic N) is 6. The second-order valence-corrected chi connectivity index (χ2v) is 15.5. The summed E-state index contributed by atoms with van der Waals surface area (Å²) in [4.78, 5) is 23.7. The van der Waals surface area contributed by atoms with E-state index in [4.69, 9.17) is 15.0 Å². The maximum absolute atomic E-state index is 5.01. The zero-order valence-electron chi connectivity index (χ0n) is 34.4. The van der Waals surface area contributed by atoms with Gasteiger partial charge in [-0.2, -0.15) is 9.97 Å². The average molecular weight is 977 g/mol. The van der Waals surface area contributed by atoms with Crippen molar-refractivity contribution >= 4 is 21.8 Å². The Balaban J connectivity index is 0.000000263. The summed E-state index contributed by atoms with van der Waals surface area (Å²) in [5.74, 6) is 8.51. The largest absolute Gasteiger partial charge is 0.305 e. The van der Waals surface area contributed by atoms with Crippen LogP contribution in [0.4, 0.5) is 0 Å². The molecule has 0 fully saturated rings. The first-order chi connectivity index (χ1) is 29.9. The summed E-state index contributed by atoms with van der Waals surface area (Å²) in [6.07, 6.45) is 3.60. The topological polar surface area (TPSA) is 69.4 Å². The van der Waals surface area contributed by atoms with Crippen LogP contribution in [0.15, 0.2) is 188 Å². The Morgan fingerprint density at radius 3 is 1.77 bits per heavy atom. The van der Waals surface area contributed by atoms with Gasteiger partial charge in [-0.3, -0.25) is 4.57 Å². The molecule has 7 heteroatoms. The van der Waals surface area contributed by atoms with Crippen LogP contribution in [0.1, 0.15) is 37.5 Å². The predicted octanol–water partition coefficient (Wildman–Crippen LogP) is 12.4. The van der Waals surface area contributed by atoms with E-state index in [0.29, 0.717) is 17.6 Å². The van der Waals surface area contributed by atoms with Gasteiger partial charge in [0.25, 0.3) is 0 Å². The summed E-state index contributed by atoms with van der Waals surface area (Å²) in [6.45, 7) is 6.61. The number of hydrogen-bond acceptors (Lipinski definition) is 5. The van der Waals surface area contributed by atoms with Gasteiger partial charge in [-0.15, -0.1) is 71.3 Å². The summed E-state index contributed by atoms with van der Waals surface area (Å²) in [5.41, 5.74) is 11.0. The zero-order chi connectivity index (χ0) is 41.6. The van der Waals surface area contributed by atoms with E-state index in [9.17, 15) is 0 Å². The Kier molecular flexibility index (Phi) is 12.3. The molecule has 0 bridgehead atoms.